The van der Waals surface area contributed by atoms with Crippen molar-refractivity contribution in [2.45, 2.75) is 38.9 Å². The zero-order chi connectivity index (χ0) is 16.5. The van der Waals surface area contributed by atoms with Gasteiger partial charge >= 0.3 is 146 Å². The maximum absolute atomic E-state index is 7.39. The fourth-order valence-corrected chi connectivity index (χ4v) is 42.7. The molecule has 0 saturated carbocycles. The first-order valence-corrected chi connectivity index (χ1v) is 31.9. The summed E-state index contributed by atoms with van der Waals surface area (Å²) in [7, 11) is 22.2. The number of benzene rings is 1. The van der Waals surface area contributed by atoms with Crippen LogP contribution in [0.1, 0.15) is 20.8 Å². The van der Waals surface area contributed by atoms with E-state index in [0.29, 0.717) is 0 Å². The average Bonchev–Trinajstić information content (AvgIpc) is 2.35. The quantitative estimate of drug-likeness (QED) is 0.388. The first kappa shape index (κ1) is 20.3. The van der Waals surface area contributed by atoms with Gasteiger partial charge in [0.15, 0.2) is 0 Å². The van der Waals surface area contributed by atoms with Gasteiger partial charge in [-0.25, -0.2) is 0 Å². The Kier molecular flexibility index (Phi) is 4.96. The van der Waals surface area contributed by atoms with E-state index in [1.165, 1.54) is 0 Å². The molecule has 0 unspecified atom stereocenters. The Bertz CT molecular complexity index is 511. The van der Waals surface area contributed by atoms with Gasteiger partial charge in [-0.1, -0.05) is 0 Å². The summed E-state index contributed by atoms with van der Waals surface area (Å²) < 4.78 is 11.5. The summed E-state index contributed by atoms with van der Waals surface area (Å²) in [6.07, 6.45) is 0. The molecule has 0 radical (unpaired) electrons. The van der Waals surface area contributed by atoms with Crippen molar-refractivity contribution >= 4 is 56.8 Å². The van der Waals surface area contributed by atoms with Gasteiger partial charge in [0.25, 0.3) is 0 Å². The molecule has 0 atom stereocenters. The summed E-state index contributed by atoms with van der Waals surface area (Å²) in [5, 5.41) is 0. The molecule has 1 rings (SSSR count). The van der Waals surface area contributed by atoms with Crippen LogP contribution in [0.25, 0.3) is 0 Å². The zero-order valence-electron chi connectivity index (χ0n) is 12.4. The molecule has 0 aliphatic heterocycles. The van der Waals surface area contributed by atoms with E-state index in [0.717, 1.165) is 18.1 Å². The molecule has 9 heteroatoms. The van der Waals surface area contributed by atoms with Crippen LogP contribution in [-0.2, 0) is 10.3 Å². The third-order valence-electron chi connectivity index (χ3n) is 3.81. The molecule has 0 spiro atoms. The van der Waals surface area contributed by atoms with Gasteiger partial charge in [0.2, 0.25) is 0 Å². The summed E-state index contributed by atoms with van der Waals surface area (Å²) in [4.78, 5) is 0. The molecular weight excluding hydrogens is 447 g/mol. The number of halogens is 5. The van der Waals surface area contributed by atoms with E-state index in [-0.39, 0.29) is 5.75 Å². The Morgan fingerprint density at radius 3 is 1.67 bits per heavy atom. The average molecular weight is 467 g/mol. The molecule has 1 aromatic carbocycles. The normalized spacial score (nSPS) is 18.2. The Morgan fingerprint density at radius 2 is 1.29 bits per heavy atom. The summed E-state index contributed by atoms with van der Waals surface area (Å²) >= 11 is 0. The topological polar surface area (TPSA) is 18.5 Å². The molecule has 0 heterocycles. The van der Waals surface area contributed by atoms with Crippen LogP contribution in [-0.4, -0.2) is 8.32 Å². The summed E-state index contributed by atoms with van der Waals surface area (Å²) in [5.74, 6) is 0.262. The van der Waals surface area contributed by atoms with Crippen LogP contribution >= 0.6 is 48.5 Å². The second-order valence-corrected chi connectivity index (χ2v) is 75.9. The van der Waals surface area contributed by atoms with Crippen molar-refractivity contribution in [2.24, 2.45) is 0 Å². The minimum absolute atomic E-state index is 0.262. The number of rotatable bonds is 7. The van der Waals surface area contributed by atoms with Crippen LogP contribution in [0, 0.1) is 0 Å². The van der Waals surface area contributed by atoms with E-state index in [1.807, 2.05) is 20.8 Å². The molecule has 0 N–H and O–H groups in total. The molecule has 0 saturated heterocycles. The van der Waals surface area contributed by atoms with Crippen LogP contribution in [0.15, 0.2) is 30.3 Å². The molecule has 0 amide bonds. The van der Waals surface area contributed by atoms with Gasteiger partial charge in [0, 0.05) is 0 Å². The first-order chi connectivity index (χ1) is 9.18. The van der Waals surface area contributed by atoms with Crippen molar-refractivity contribution < 1.29 is 13.8 Å². The number of hydrogen-bond acceptors (Lipinski definition) is 2. The second kappa shape index (κ2) is 5.13. The van der Waals surface area contributed by atoms with E-state index in [1.54, 1.807) is 30.3 Å². The van der Waals surface area contributed by atoms with Crippen molar-refractivity contribution in [3.8, 4) is 5.75 Å². The van der Waals surface area contributed by atoms with Crippen molar-refractivity contribution in [3.05, 3.63) is 30.3 Å². The molecule has 0 aliphatic rings. The molecule has 0 fully saturated rings. The first-order valence-electron chi connectivity index (χ1n) is 7.41. The monoisotopic (exact) mass is 463 g/mol. The van der Waals surface area contributed by atoms with Crippen LogP contribution in [0.2, 0.25) is 18.1 Å². The van der Waals surface area contributed by atoms with Crippen molar-refractivity contribution in [1.82, 2.24) is 0 Å². The fraction of sp³-hybridized carbons (Fsp3) is 0.500. The summed E-state index contributed by atoms with van der Waals surface area (Å²) in [6, 6.07) is 10.7. The molecule has 1 aromatic rings. The van der Waals surface area contributed by atoms with Crippen LogP contribution in [0.5, 0.6) is 5.75 Å². The maximum atomic E-state index is 6.41. The van der Waals surface area contributed by atoms with Gasteiger partial charge < -0.3 is 0 Å². The zero-order valence-corrected chi connectivity index (χ0v) is 20.2. The predicted octanol–water partition coefficient (Wildman–Crippen LogP) is 7.45. The molecule has 21 heavy (non-hydrogen) atoms. The van der Waals surface area contributed by atoms with Crippen molar-refractivity contribution in [1.29, 1.82) is 0 Å². The van der Waals surface area contributed by atoms with Crippen molar-refractivity contribution in [3.63, 3.8) is 0 Å². The van der Waals surface area contributed by atoms with Gasteiger partial charge in [-0.3, -0.25) is 0 Å². The standard InChI is InChI=1S/C6H15OSi.C6H6O.5ClH.Zn/c1-4-8(7,5-2)6-3;7-6-4-2-1-3-5-6;;;;;;/h4-6H2,1-3H3;1-5,7H;5*1H;/q-1;;;;;;;+7/p-6. The number of hydrogen-bond donors (Lipinski definition) is 0. The Labute approximate surface area is 144 Å². The fourth-order valence-electron chi connectivity index (χ4n) is 2.69. The van der Waals surface area contributed by atoms with Crippen molar-refractivity contribution in [2.75, 3.05) is 0 Å². The summed E-state index contributed by atoms with van der Waals surface area (Å²) in [5.41, 5.74) is 0. The van der Waals surface area contributed by atoms with Crippen LogP contribution < -0.4 is 3.56 Å². The molecule has 0 aromatic heterocycles. The van der Waals surface area contributed by atoms with E-state index < -0.39 is 15.3 Å². The molecule has 121 valence electrons. The Hall–Kier alpha value is 1.27. The van der Waals surface area contributed by atoms with E-state index in [2.05, 4.69) is 0 Å². The molecular formula is C12H20Cl5O2SiZn. The second-order valence-electron chi connectivity index (χ2n) is 6.06. The van der Waals surface area contributed by atoms with Crippen LogP contribution in [0.4, 0.5) is 0 Å². The van der Waals surface area contributed by atoms with Gasteiger partial charge in [-0.05, 0) is 0 Å². The minimum atomic E-state index is -7.39. The number of para-hydroxylation sites is 1. The Morgan fingerprint density at radius 1 is 0.857 bits per heavy atom. The van der Waals surface area contributed by atoms with Crippen LogP contribution in [0.3, 0.4) is 0 Å². The van der Waals surface area contributed by atoms with Gasteiger partial charge in [0.1, 0.15) is 0 Å². The molecule has 0 bridgehead atoms. The van der Waals surface area contributed by atoms with E-state index >= 15 is 0 Å². The SMILES string of the molecule is CC[Si](CC)(CC)[O][Zn]([Cl])([Cl])([Cl])([Cl])([Cl])[O]c1ccccc1. The van der Waals surface area contributed by atoms with E-state index in [4.69, 9.17) is 55.3 Å². The molecule has 0 aliphatic carbocycles. The predicted molar refractivity (Wildman–Crippen MR) is 94.6 cm³/mol. The van der Waals surface area contributed by atoms with Gasteiger partial charge in [0.05, 0.1) is 0 Å². The van der Waals surface area contributed by atoms with Gasteiger partial charge in [-0.15, -0.1) is 0 Å². The van der Waals surface area contributed by atoms with Gasteiger partial charge in [-0.2, -0.15) is 0 Å². The van der Waals surface area contributed by atoms with E-state index in [9.17, 15) is 0 Å². The molecule has 2 nitrogen and oxygen atoms in total. The summed E-state index contributed by atoms with van der Waals surface area (Å²) in [6.45, 7) is 5.95. The third-order valence-corrected chi connectivity index (χ3v) is 30.4. The Balaban J connectivity index is 3.34. The third kappa shape index (κ3) is 6.35.